The predicted octanol–water partition coefficient (Wildman–Crippen LogP) is 3.84. The van der Waals surface area contributed by atoms with E-state index in [1.807, 2.05) is 0 Å². The number of hydrogen-bond donors (Lipinski definition) is 2. The van der Waals surface area contributed by atoms with Crippen LogP contribution in [0.15, 0.2) is 21.1 Å². The van der Waals surface area contributed by atoms with Crippen molar-refractivity contribution in [3.05, 3.63) is 26.6 Å². The van der Waals surface area contributed by atoms with Gasteiger partial charge in [-0.1, -0.05) is 6.92 Å². The van der Waals surface area contributed by atoms with Crippen molar-refractivity contribution in [2.75, 3.05) is 6.54 Å². The first-order valence-corrected chi connectivity index (χ1v) is 7.52. The van der Waals surface area contributed by atoms with Gasteiger partial charge in [0.05, 0.1) is 8.95 Å². The van der Waals surface area contributed by atoms with Crippen molar-refractivity contribution < 1.29 is 9.90 Å². The minimum absolute atomic E-state index is 0.101. The van der Waals surface area contributed by atoms with Gasteiger partial charge < -0.3 is 10.4 Å². The number of phenols is 1. The average Bonchev–Trinajstić information content (AvgIpc) is 3.13. The van der Waals surface area contributed by atoms with Crippen LogP contribution < -0.4 is 5.32 Å². The molecule has 98 valence electrons. The van der Waals surface area contributed by atoms with E-state index in [1.54, 1.807) is 12.1 Å². The molecule has 5 heteroatoms. The molecule has 0 spiro atoms. The van der Waals surface area contributed by atoms with Crippen molar-refractivity contribution >= 4 is 37.8 Å². The highest BCUT2D eigenvalue weighted by molar-refractivity contribution is 9.11. The van der Waals surface area contributed by atoms with E-state index in [9.17, 15) is 9.90 Å². The molecule has 1 saturated carbocycles. The van der Waals surface area contributed by atoms with Crippen molar-refractivity contribution in [2.24, 2.45) is 5.41 Å². The zero-order chi connectivity index (χ0) is 13.3. The van der Waals surface area contributed by atoms with E-state index in [2.05, 4.69) is 44.1 Å². The quantitative estimate of drug-likeness (QED) is 0.838. The van der Waals surface area contributed by atoms with Gasteiger partial charge in [0.1, 0.15) is 5.75 Å². The number of carbonyl (C=O) groups excluding carboxylic acids is 1. The van der Waals surface area contributed by atoms with Gasteiger partial charge in [0.15, 0.2) is 0 Å². The summed E-state index contributed by atoms with van der Waals surface area (Å²) >= 11 is 6.44. The summed E-state index contributed by atoms with van der Waals surface area (Å²) in [6, 6.07) is 3.25. The second kappa shape index (κ2) is 5.21. The summed E-state index contributed by atoms with van der Waals surface area (Å²) in [7, 11) is 0. The van der Waals surface area contributed by atoms with Crippen LogP contribution in [0.1, 0.15) is 36.5 Å². The van der Waals surface area contributed by atoms with Gasteiger partial charge in [-0.05, 0) is 68.7 Å². The van der Waals surface area contributed by atoms with Gasteiger partial charge in [0.2, 0.25) is 0 Å². The maximum atomic E-state index is 12.0. The molecule has 1 aromatic carbocycles. The van der Waals surface area contributed by atoms with E-state index in [1.165, 1.54) is 12.8 Å². The first kappa shape index (κ1) is 13.9. The molecule has 1 aliphatic rings. The number of phenolic OH excluding ortho intramolecular Hbond substituents is 1. The van der Waals surface area contributed by atoms with Crippen molar-refractivity contribution in [2.45, 2.75) is 26.2 Å². The Balaban J connectivity index is 2.05. The zero-order valence-corrected chi connectivity index (χ0v) is 13.3. The Morgan fingerprint density at radius 1 is 1.39 bits per heavy atom. The molecule has 0 aromatic heterocycles. The Kier molecular flexibility index (Phi) is 4.02. The topological polar surface area (TPSA) is 49.3 Å². The molecule has 0 heterocycles. The Morgan fingerprint density at radius 2 is 1.94 bits per heavy atom. The Bertz CT molecular complexity index is 461. The molecular formula is C13H15Br2NO2. The van der Waals surface area contributed by atoms with Crippen molar-refractivity contribution in [3.63, 3.8) is 0 Å². The molecule has 3 nitrogen and oxygen atoms in total. The largest absolute Gasteiger partial charge is 0.506 e. The van der Waals surface area contributed by atoms with Crippen LogP contribution in [-0.4, -0.2) is 17.6 Å². The van der Waals surface area contributed by atoms with Gasteiger partial charge >= 0.3 is 0 Å². The first-order valence-electron chi connectivity index (χ1n) is 5.94. The molecule has 1 amide bonds. The smallest absolute Gasteiger partial charge is 0.251 e. The standard InChI is InChI=1S/C13H15Br2NO2/c1-2-13(3-4-13)7-16-12(18)8-5-9(14)11(17)10(15)6-8/h5-6,17H,2-4,7H2,1H3,(H,16,18). The maximum absolute atomic E-state index is 12.0. The molecule has 1 fully saturated rings. The highest BCUT2D eigenvalue weighted by Gasteiger charge is 2.40. The van der Waals surface area contributed by atoms with Gasteiger partial charge in [-0.2, -0.15) is 0 Å². The predicted molar refractivity (Wildman–Crippen MR) is 77.8 cm³/mol. The van der Waals surface area contributed by atoms with E-state index in [0.717, 1.165) is 13.0 Å². The minimum Gasteiger partial charge on any atom is -0.506 e. The number of aromatic hydroxyl groups is 1. The van der Waals surface area contributed by atoms with Gasteiger partial charge in [0.25, 0.3) is 5.91 Å². The molecule has 1 aromatic rings. The molecule has 0 radical (unpaired) electrons. The molecule has 0 bridgehead atoms. The summed E-state index contributed by atoms with van der Waals surface area (Å²) in [5.41, 5.74) is 0.875. The number of carbonyl (C=O) groups is 1. The minimum atomic E-state index is -0.101. The fraction of sp³-hybridized carbons (Fsp3) is 0.462. The third kappa shape index (κ3) is 2.88. The lowest BCUT2D eigenvalue weighted by molar-refractivity contribution is 0.0944. The monoisotopic (exact) mass is 375 g/mol. The van der Waals surface area contributed by atoms with Crippen LogP contribution in [0.4, 0.5) is 0 Å². The maximum Gasteiger partial charge on any atom is 0.251 e. The Labute approximate surface area is 123 Å². The SMILES string of the molecule is CCC1(CNC(=O)c2cc(Br)c(O)c(Br)c2)CC1. The van der Waals surface area contributed by atoms with Crippen LogP contribution in [0, 0.1) is 5.41 Å². The van der Waals surface area contributed by atoms with Crippen LogP contribution in [0.25, 0.3) is 0 Å². The van der Waals surface area contributed by atoms with Crippen LogP contribution in [-0.2, 0) is 0 Å². The number of benzene rings is 1. The van der Waals surface area contributed by atoms with Crippen molar-refractivity contribution in [3.8, 4) is 5.75 Å². The first-order chi connectivity index (χ1) is 8.47. The third-order valence-electron chi connectivity index (χ3n) is 3.61. The van der Waals surface area contributed by atoms with Crippen LogP contribution in [0.5, 0.6) is 5.75 Å². The third-order valence-corrected chi connectivity index (χ3v) is 4.82. The summed E-state index contributed by atoms with van der Waals surface area (Å²) in [5.74, 6) is 0.00916. The van der Waals surface area contributed by atoms with E-state index in [-0.39, 0.29) is 11.7 Å². The molecule has 18 heavy (non-hydrogen) atoms. The molecule has 2 rings (SSSR count). The van der Waals surface area contributed by atoms with Gasteiger partial charge in [-0.3, -0.25) is 4.79 Å². The van der Waals surface area contributed by atoms with E-state index >= 15 is 0 Å². The van der Waals surface area contributed by atoms with Crippen molar-refractivity contribution in [1.29, 1.82) is 0 Å². The fourth-order valence-electron chi connectivity index (χ4n) is 1.90. The summed E-state index contributed by atoms with van der Waals surface area (Å²) in [5, 5.41) is 12.6. The molecule has 0 unspecified atom stereocenters. The normalized spacial score (nSPS) is 16.4. The molecule has 0 saturated heterocycles. The number of nitrogens with one attached hydrogen (secondary N) is 1. The lowest BCUT2D eigenvalue weighted by atomic mass is 10.0. The summed E-state index contributed by atoms with van der Waals surface area (Å²) in [4.78, 5) is 12.0. The molecule has 0 aliphatic heterocycles. The second-order valence-electron chi connectivity index (χ2n) is 4.82. The van der Waals surface area contributed by atoms with Crippen molar-refractivity contribution in [1.82, 2.24) is 5.32 Å². The summed E-state index contributed by atoms with van der Waals surface area (Å²) < 4.78 is 1.03. The van der Waals surface area contributed by atoms with Crippen LogP contribution >= 0.6 is 31.9 Å². The zero-order valence-electron chi connectivity index (χ0n) is 10.1. The van der Waals surface area contributed by atoms with Gasteiger partial charge in [-0.15, -0.1) is 0 Å². The fourth-order valence-corrected chi connectivity index (χ4v) is 3.09. The summed E-state index contributed by atoms with van der Waals surface area (Å²) in [6.45, 7) is 2.89. The van der Waals surface area contributed by atoms with E-state index in [4.69, 9.17) is 0 Å². The van der Waals surface area contributed by atoms with Crippen LogP contribution in [0.3, 0.4) is 0 Å². The summed E-state index contributed by atoms with van der Waals surface area (Å²) in [6.07, 6.45) is 3.51. The lowest BCUT2D eigenvalue weighted by Gasteiger charge is -2.14. The number of rotatable bonds is 4. The number of amides is 1. The van der Waals surface area contributed by atoms with E-state index < -0.39 is 0 Å². The molecular weight excluding hydrogens is 362 g/mol. The number of halogens is 2. The average molecular weight is 377 g/mol. The molecule has 2 N–H and O–H groups in total. The lowest BCUT2D eigenvalue weighted by Crippen LogP contribution is -2.29. The van der Waals surface area contributed by atoms with Gasteiger partial charge in [0, 0.05) is 12.1 Å². The second-order valence-corrected chi connectivity index (χ2v) is 6.53. The molecule has 0 atom stereocenters. The highest BCUT2D eigenvalue weighted by Crippen LogP contribution is 2.47. The molecule has 1 aliphatic carbocycles. The Hall–Kier alpha value is -0.550. The van der Waals surface area contributed by atoms with Gasteiger partial charge in [-0.25, -0.2) is 0 Å². The van der Waals surface area contributed by atoms with E-state index in [0.29, 0.717) is 19.9 Å². The highest BCUT2D eigenvalue weighted by atomic mass is 79.9. The Morgan fingerprint density at radius 3 is 2.39 bits per heavy atom. The van der Waals surface area contributed by atoms with Crippen LogP contribution in [0.2, 0.25) is 0 Å². The number of hydrogen-bond acceptors (Lipinski definition) is 2.